The van der Waals surface area contributed by atoms with Gasteiger partial charge in [-0.05, 0) is 67.5 Å². The predicted octanol–water partition coefficient (Wildman–Crippen LogP) is 5.55. The number of nitrogens with zero attached hydrogens (tertiary/aromatic N) is 2. The number of hydrogen-bond donors (Lipinski definition) is 2. The van der Waals surface area contributed by atoms with Crippen LogP contribution in [0.15, 0.2) is 65.1 Å². The summed E-state index contributed by atoms with van der Waals surface area (Å²) >= 11 is 1.62. The topological polar surface area (TPSA) is 74.3 Å². The van der Waals surface area contributed by atoms with Gasteiger partial charge in [0.1, 0.15) is 0 Å². The Morgan fingerprint density at radius 3 is 2.59 bits per heavy atom. The van der Waals surface area contributed by atoms with E-state index in [0.717, 1.165) is 54.9 Å². The van der Waals surface area contributed by atoms with Gasteiger partial charge >= 0.3 is 0 Å². The van der Waals surface area contributed by atoms with Crippen molar-refractivity contribution in [1.82, 2.24) is 20.5 Å². The summed E-state index contributed by atoms with van der Waals surface area (Å²) in [6.07, 6.45) is 17.5. The highest BCUT2D eigenvalue weighted by Crippen LogP contribution is 2.16. The lowest BCUT2D eigenvalue weighted by atomic mass is 10.1. The van der Waals surface area contributed by atoms with Crippen molar-refractivity contribution in [3.05, 3.63) is 75.8 Å². The summed E-state index contributed by atoms with van der Waals surface area (Å²) < 4.78 is 0. The number of aromatic nitrogens is 1. The van der Waals surface area contributed by atoms with Gasteiger partial charge in [0.15, 0.2) is 0 Å². The summed E-state index contributed by atoms with van der Waals surface area (Å²) in [4.78, 5) is 30.2. The molecule has 6 nitrogen and oxygen atoms in total. The Labute approximate surface area is 228 Å². The second kappa shape index (κ2) is 18.5. The number of likely N-dealkylation sites (N-methyl/N-ethyl adjacent to an activating group) is 1. The Balaban J connectivity index is 2.51. The molecule has 2 atom stereocenters. The van der Waals surface area contributed by atoms with Crippen molar-refractivity contribution in [2.24, 2.45) is 0 Å². The second-order valence-corrected chi connectivity index (χ2v) is 10.9. The van der Waals surface area contributed by atoms with Crippen LogP contribution in [-0.4, -0.2) is 54.9 Å². The summed E-state index contributed by atoms with van der Waals surface area (Å²) in [6, 6.07) is 0.0114. The van der Waals surface area contributed by atoms with E-state index >= 15 is 0 Å². The van der Waals surface area contributed by atoms with Crippen molar-refractivity contribution in [1.29, 1.82) is 0 Å². The number of aryl methyl sites for hydroxylation is 1. The molecule has 2 N–H and O–H groups in total. The van der Waals surface area contributed by atoms with Crippen molar-refractivity contribution in [3.63, 3.8) is 0 Å². The summed E-state index contributed by atoms with van der Waals surface area (Å²) in [6.45, 7) is 12.8. The van der Waals surface area contributed by atoms with Crippen LogP contribution >= 0.6 is 11.3 Å². The lowest BCUT2D eigenvalue weighted by molar-refractivity contribution is -0.121. The molecule has 37 heavy (non-hydrogen) atoms. The van der Waals surface area contributed by atoms with Crippen molar-refractivity contribution >= 4 is 23.7 Å². The largest absolute Gasteiger partial charge is 0.353 e. The summed E-state index contributed by atoms with van der Waals surface area (Å²) in [5, 5.41) is 9.05. The van der Waals surface area contributed by atoms with E-state index in [0.29, 0.717) is 12.8 Å². The number of hydrogen-bond acceptors (Lipinski definition) is 5. The fraction of sp³-hybridized carbons (Fsp3) is 0.500. The van der Waals surface area contributed by atoms with Crippen LogP contribution in [0.25, 0.3) is 0 Å². The molecule has 0 aliphatic heterocycles. The molecule has 0 radical (unpaired) electrons. The van der Waals surface area contributed by atoms with E-state index in [9.17, 15) is 9.59 Å². The predicted molar refractivity (Wildman–Crippen MR) is 158 cm³/mol. The summed E-state index contributed by atoms with van der Waals surface area (Å²) in [5.74, 6) is 0.0974. The Hall–Kier alpha value is -2.77. The van der Waals surface area contributed by atoms with Crippen molar-refractivity contribution in [3.8, 4) is 0 Å². The minimum Gasteiger partial charge on any atom is -0.353 e. The standard InChI is InChI=1S/C30H46N4O2S/c1-8-11-24(3)18-26(5)32-29(36)13-10-9-12-27-21-37-30(33-27)20-28(31-22-35)19-25(4)15-14-23(2)16-17-34(6)7/h8,11,14-16,19,21-22,26,28H,1,9-10,12-13,17-18,20H2,2-7H3,(H,31,35)(H,32,36)/b15-14+,23-16+,24-11+,25-19+. The Morgan fingerprint density at radius 2 is 1.92 bits per heavy atom. The molecule has 1 rings (SSSR count). The lowest BCUT2D eigenvalue weighted by Crippen LogP contribution is -2.32. The molecular formula is C30H46N4O2S. The van der Waals surface area contributed by atoms with Crippen molar-refractivity contribution < 1.29 is 9.59 Å². The SMILES string of the molecule is C=C/C=C(\C)CC(C)NC(=O)CCCCc1csc(CC(/C=C(C)/C=C/C(C)=C/CN(C)C)NC=O)n1. The van der Waals surface area contributed by atoms with Crippen LogP contribution in [0.5, 0.6) is 0 Å². The Morgan fingerprint density at radius 1 is 1.19 bits per heavy atom. The van der Waals surface area contributed by atoms with Gasteiger partial charge in [-0.25, -0.2) is 4.98 Å². The Kier molecular flexibility index (Phi) is 16.1. The fourth-order valence-corrected chi connectivity index (χ4v) is 4.66. The minimum absolute atomic E-state index is 0.0974. The van der Waals surface area contributed by atoms with Gasteiger partial charge in [-0.3, -0.25) is 9.59 Å². The monoisotopic (exact) mass is 526 g/mol. The van der Waals surface area contributed by atoms with Crippen LogP contribution < -0.4 is 10.6 Å². The zero-order valence-corrected chi connectivity index (χ0v) is 24.4. The maximum Gasteiger partial charge on any atom is 0.220 e. The number of carbonyl (C=O) groups is 2. The van der Waals surface area contributed by atoms with Crippen LogP contribution in [0.2, 0.25) is 0 Å². The van der Waals surface area contributed by atoms with E-state index in [1.54, 1.807) is 17.4 Å². The number of unbranched alkanes of at least 4 members (excludes halogenated alkanes) is 1. The highest BCUT2D eigenvalue weighted by Gasteiger charge is 2.11. The van der Waals surface area contributed by atoms with Crippen LogP contribution in [0.4, 0.5) is 0 Å². The maximum absolute atomic E-state index is 12.2. The van der Waals surface area contributed by atoms with Gasteiger partial charge in [0, 0.05) is 30.8 Å². The third kappa shape index (κ3) is 15.8. The lowest BCUT2D eigenvalue weighted by Gasteiger charge is -2.14. The van der Waals surface area contributed by atoms with Crippen LogP contribution in [0.3, 0.4) is 0 Å². The van der Waals surface area contributed by atoms with Gasteiger partial charge in [0.2, 0.25) is 12.3 Å². The van der Waals surface area contributed by atoms with Crippen molar-refractivity contribution in [2.45, 2.75) is 78.3 Å². The van der Waals surface area contributed by atoms with Gasteiger partial charge in [-0.15, -0.1) is 11.3 Å². The van der Waals surface area contributed by atoms with E-state index in [1.165, 1.54) is 11.1 Å². The second-order valence-electron chi connectivity index (χ2n) is 9.91. The normalized spacial score (nSPS) is 14.6. The molecule has 2 unspecified atom stereocenters. The molecule has 0 aliphatic rings. The van der Waals surface area contributed by atoms with Gasteiger partial charge in [-0.1, -0.05) is 59.8 Å². The Bertz CT molecular complexity index is 972. The molecule has 0 saturated carbocycles. The summed E-state index contributed by atoms with van der Waals surface area (Å²) in [7, 11) is 4.09. The number of carbonyl (C=O) groups excluding carboxylic acids is 2. The van der Waals surface area contributed by atoms with Gasteiger partial charge in [0.05, 0.1) is 16.7 Å². The molecule has 2 amide bonds. The van der Waals surface area contributed by atoms with E-state index in [4.69, 9.17) is 4.98 Å². The molecule has 7 heteroatoms. The number of amides is 2. The molecule has 0 aromatic carbocycles. The smallest absolute Gasteiger partial charge is 0.220 e. The van der Waals surface area contributed by atoms with Gasteiger partial charge in [0.25, 0.3) is 0 Å². The van der Waals surface area contributed by atoms with Crippen LogP contribution in [0.1, 0.15) is 64.1 Å². The highest BCUT2D eigenvalue weighted by atomic mass is 32.1. The first-order chi connectivity index (χ1) is 17.6. The maximum atomic E-state index is 12.2. The molecular weight excluding hydrogens is 480 g/mol. The first-order valence-corrected chi connectivity index (χ1v) is 13.9. The molecule has 0 aliphatic carbocycles. The number of nitrogens with one attached hydrogen (secondary N) is 2. The zero-order valence-electron chi connectivity index (χ0n) is 23.5. The molecule has 0 saturated heterocycles. The van der Waals surface area contributed by atoms with Crippen LogP contribution in [0, 0.1) is 0 Å². The molecule has 0 fully saturated rings. The first kappa shape index (κ1) is 32.3. The third-order valence-corrected chi connectivity index (χ3v) is 6.57. The van der Waals surface area contributed by atoms with Crippen LogP contribution in [-0.2, 0) is 22.4 Å². The average Bonchev–Trinajstić information content (AvgIpc) is 3.26. The van der Waals surface area contributed by atoms with E-state index in [2.05, 4.69) is 58.7 Å². The third-order valence-electron chi connectivity index (χ3n) is 5.65. The minimum atomic E-state index is -0.108. The van der Waals surface area contributed by atoms with Crippen molar-refractivity contribution in [2.75, 3.05) is 20.6 Å². The quantitative estimate of drug-likeness (QED) is 0.149. The molecule has 0 bridgehead atoms. The average molecular weight is 527 g/mol. The van der Waals surface area contributed by atoms with E-state index < -0.39 is 0 Å². The highest BCUT2D eigenvalue weighted by molar-refractivity contribution is 7.09. The number of rotatable bonds is 18. The molecule has 1 aromatic rings. The summed E-state index contributed by atoms with van der Waals surface area (Å²) in [5.41, 5.74) is 4.55. The van der Waals surface area contributed by atoms with Gasteiger partial charge < -0.3 is 15.5 Å². The molecule has 204 valence electrons. The molecule has 1 heterocycles. The van der Waals surface area contributed by atoms with E-state index in [-0.39, 0.29) is 18.0 Å². The fourth-order valence-electron chi connectivity index (χ4n) is 3.77. The zero-order chi connectivity index (χ0) is 27.6. The number of allylic oxidation sites excluding steroid dienone is 6. The van der Waals surface area contributed by atoms with Gasteiger partial charge in [-0.2, -0.15) is 0 Å². The molecule has 1 aromatic heterocycles. The number of thiazole rings is 1. The molecule has 0 spiro atoms. The van der Waals surface area contributed by atoms with E-state index in [1.807, 2.05) is 40.9 Å². The first-order valence-electron chi connectivity index (χ1n) is 13.0.